The van der Waals surface area contributed by atoms with Crippen LogP contribution >= 0.6 is 0 Å². The van der Waals surface area contributed by atoms with Crippen molar-refractivity contribution in [1.82, 2.24) is 14.8 Å². The number of rotatable bonds is 8. The van der Waals surface area contributed by atoms with Gasteiger partial charge in [-0.15, -0.1) is 0 Å². The Balaban J connectivity index is 1.40. The Kier molecular flexibility index (Phi) is 8.27. The lowest BCUT2D eigenvalue weighted by Gasteiger charge is -2.41. The molecule has 4 nitrogen and oxygen atoms in total. The number of aryl methyl sites for hydroxylation is 1. The Morgan fingerprint density at radius 2 is 1.91 bits per heavy atom. The molecule has 1 saturated carbocycles. The molecule has 2 aromatic rings. The van der Waals surface area contributed by atoms with Crippen molar-refractivity contribution in [3.63, 3.8) is 0 Å². The van der Waals surface area contributed by atoms with Crippen LogP contribution in [0, 0.1) is 11.7 Å². The van der Waals surface area contributed by atoms with Gasteiger partial charge in [0.2, 0.25) is 5.91 Å². The second-order valence-corrected chi connectivity index (χ2v) is 9.52. The second-order valence-electron chi connectivity index (χ2n) is 9.52. The first kappa shape index (κ1) is 22.9. The fourth-order valence-corrected chi connectivity index (χ4v) is 5.40. The highest BCUT2D eigenvalue weighted by molar-refractivity contribution is 5.76. The number of pyridine rings is 1. The highest BCUT2D eigenvalue weighted by Crippen LogP contribution is 2.28. The number of hydrogen-bond donors (Lipinski definition) is 0. The number of halogens is 1. The third-order valence-corrected chi connectivity index (χ3v) is 7.14. The highest BCUT2D eigenvalue weighted by atomic mass is 19.1. The van der Waals surface area contributed by atoms with Crippen LogP contribution in [0.3, 0.4) is 0 Å². The van der Waals surface area contributed by atoms with E-state index >= 15 is 0 Å². The maximum Gasteiger partial charge on any atom is 0.223 e. The second kappa shape index (κ2) is 11.6. The molecule has 1 aromatic heterocycles. The Morgan fingerprint density at radius 1 is 1.06 bits per heavy atom. The van der Waals surface area contributed by atoms with Crippen LogP contribution in [0.2, 0.25) is 0 Å². The Morgan fingerprint density at radius 3 is 2.69 bits per heavy atom. The molecule has 2 heterocycles. The summed E-state index contributed by atoms with van der Waals surface area (Å²) in [5, 5.41) is 0. The van der Waals surface area contributed by atoms with Gasteiger partial charge < -0.3 is 9.80 Å². The topological polar surface area (TPSA) is 36.4 Å². The van der Waals surface area contributed by atoms with E-state index < -0.39 is 0 Å². The van der Waals surface area contributed by atoms with Gasteiger partial charge in [0.1, 0.15) is 5.82 Å². The van der Waals surface area contributed by atoms with Crippen molar-refractivity contribution >= 4 is 5.91 Å². The minimum absolute atomic E-state index is 0.104. The van der Waals surface area contributed by atoms with E-state index in [9.17, 15) is 9.18 Å². The van der Waals surface area contributed by atoms with E-state index in [1.807, 2.05) is 29.3 Å². The van der Waals surface area contributed by atoms with Gasteiger partial charge in [0.15, 0.2) is 0 Å². The van der Waals surface area contributed by atoms with Crippen LogP contribution in [0.5, 0.6) is 0 Å². The van der Waals surface area contributed by atoms with Crippen LogP contribution in [-0.4, -0.2) is 46.4 Å². The highest BCUT2D eigenvalue weighted by Gasteiger charge is 2.29. The average Bonchev–Trinajstić information content (AvgIpc) is 2.84. The van der Waals surface area contributed by atoms with Crippen molar-refractivity contribution in [3.05, 3.63) is 65.7 Å². The SMILES string of the molecule is O=C(CCc1ccccc1F)N(Cc1cccnc1)C[C@H]1CCCN(C2CCCCC2)C1. The summed E-state index contributed by atoms with van der Waals surface area (Å²) in [5.41, 5.74) is 1.66. The lowest BCUT2D eigenvalue weighted by molar-refractivity contribution is -0.132. The first-order valence-corrected chi connectivity index (χ1v) is 12.3. The zero-order chi connectivity index (χ0) is 22.2. The van der Waals surface area contributed by atoms with Gasteiger partial charge in [-0.1, -0.05) is 43.5 Å². The monoisotopic (exact) mass is 437 g/mol. The molecule has 1 aliphatic heterocycles. The molecule has 0 spiro atoms. The van der Waals surface area contributed by atoms with Gasteiger partial charge in [-0.25, -0.2) is 4.39 Å². The Hall–Kier alpha value is -2.27. The number of piperidine rings is 1. The Bertz CT molecular complexity index is 853. The van der Waals surface area contributed by atoms with Crippen molar-refractivity contribution in [2.24, 2.45) is 5.92 Å². The molecule has 0 radical (unpaired) electrons. The van der Waals surface area contributed by atoms with Crippen LogP contribution in [0.15, 0.2) is 48.8 Å². The quantitative estimate of drug-likeness (QED) is 0.568. The number of amides is 1. The molecule has 0 N–H and O–H groups in total. The number of hydrogen-bond acceptors (Lipinski definition) is 3. The molecule has 32 heavy (non-hydrogen) atoms. The van der Waals surface area contributed by atoms with Gasteiger partial charge >= 0.3 is 0 Å². The zero-order valence-corrected chi connectivity index (χ0v) is 19.1. The van der Waals surface area contributed by atoms with Crippen molar-refractivity contribution in [3.8, 4) is 0 Å². The van der Waals surface area contributed by atoms with Gasteiger partial charge in [0, 0.05) is 44.5 Å². The summed E-state index contributed by atoms with van der Waals surface area (Å²) in [6.45, 7) is 3.64. The molecular formula is C27H36FN3O. The third kappa shape index (κ3) is 6.38. The maximum absolute atomic E-state index is 14.0. The molecule has 172 valence electrons. The summed E-state index contributed by atoms with van der Waals surface area (Å²) in [4.78, 5) is 22.2. The maximum atomic E-state index is 14.0. The van der Waals surface area contributed by atoms with Crippen LogP contribution in [-0.2, 0) is 17.8 Å². The van der Waals surface area contributed by atoms with Gasteiger partial charge in [0.25, 0.3) is 0 Å². The molecule has 1 atom stereocenters. The van der Waals surface area contributed by atoms with Gasteiger partial charge in [-0.3, -0.25) is 9.78 Å². The van der Waals surface area contributed by atoms with E-state index in [0.29, 0.717) is 30.9 Å². The minimum Gasteiger partial charge on any atom is -0.338 e. The normalized spacial score (nSPS) is 20.2. The lowest BCUT2D eigenvalue weighted by atomic mass is 9.90. The number of likely N-dealkylation sites (tertiary alicyclic amines) is 1. The zero-order valence-electron chi connectivity index (χ0n) is 19.1. The third-order valence-electron chi connectivity index (χ3n) is 7.14. The summed E-state index contributed by atoms with van der Waals surface area (Å²) >= 11 is 0. The molecular weight excluding hydrogens is 401 g/mol. The number of benzene rings is 1. The van der Waals surface area contributed by atoms with E-state index in [0.717, 1.165) is 24.7 Å². The van der Waals surface area contributed by atoms with E-state index in [1.54, 1.807) is 18.3 Å². The van der Waals surface area contributed by atoms with Crippen molar-refractivity contribution in [2.45, 2.75) is 70.4 Å². The molecule has 1 aliphatic carbocycles. The standard InChI is InChI=1S/C27H36FN3O/c28-26-13-5-4-10-24(26)14-15-27(32)31(19-22-8-6-16-29-18-22)21-23-9-7-17-30(20-23)25-11-2-1-3-12-25/h4-6,8,10,13,16,18,23,25H,1-3,7,9,11-12,14-15,17,19-21H2/t23-/m0/s1. The van der Waals surface area contributed by atoms with E-state index in [4.69, 9.17) is 0 Å². The first-order valence-electron chi connectivity index (χ1n) is 12.3. The number of nitrogens with zero attached hydrogens (tertiary/aromatic N) is 3. The Labute approximate surface area is 191 Å². The van der Waals surface area contributed by atoms with Gasteiger partial charge in [-0.05, 0) is 67.8 Å². The summed E-state index contributed by atoms with van der Waals surface area (Å²) in [6.07, 6.45) is 13.5. The molecule has 4 rings (SSSR count). The first-order chi connectivity index (χ1) is 15.7. The summed E-state index contributed by atoms with van der Waals surface area (Å²) in [5.74, 6) is 0.376. The van der Waals surface area contributed by atoms with Crippen molar-refractivity contribution < 1.29 is 9.18 Å². The predicted octanol–water partition coefficient (Wildman–Crippen LogP) is 5.23. The fraction of sp³-hybridized carbons (Fsp3) is 0.556. The summed E-state index contributed by atoms with van der Waals surface area (Å²) in [6, 6.07) is 11.4. The van der Waals surface area contributed by atoms with Gasteiger partial charge in [0.05, 0.1) is 0 Å². The number of carbonyl (C=O) groups excluding carboxylic acids is 1. The van der Waals surface area contributed by atoms with Crippen LogP contribution in [0.4, 0.5) is 4.39 Å². The molecule has 2 fully saturated rings. The van der Waals surface area contributed by atoms with E-state index in [1.165, 1.54) is 57.6 Å². The van der Waals surface area contributed by atoms with Crippen LogP contribution in [0.1, 0.15) is 62.5 Å². The number of carbonyl (C=O) groups is 1. The molecule has 1 saturated heterocycles. The molecule has 0 unspecified atom stereocenters. The predicted molar refractivity (Wildman–Crippen MR) is 126 cm³/mol. The molecule has 1 aromatic carbocycles. The molecule has 1 amide bonds. The fourth-order valence-electron chi connectivity index (χ4n) is 5.40. The molecule has 0 bridgehead atoms. The van der Waals surface area contributed by atoms with Crippen molar-refractivity contribution in [1.29, 1.82) is 0 Å². The summed E-state index contributed by atoms with van der Waals surface area (Å²) in [7, 11) is 0. The molecule has 2 aliphatic rings. The minimum atomic E-state index is -0.227. The van der Waals surface area contributed by atoms with E-state index in [-0.39, 0.29) is 11.7 Å². The average molecular weight is 438 g/mol. The van der Waals surface area contributed by atoms with Gasteiger partial charge in [-0.2, -0.15) is 0 Å². The smallest absolute Gasteiger partial charge is 0.223 e. The summed E-state index contributed by atoms with van der Waals surface area (Å²) < 4.78 is 14.0. The molecule has 5 heteroatoms. The van der Waals surface area contributed by atoms with Crippen LogP contribution < -0.4 is 0 Å². The van der Waals surface area contributed by atoms with Crippen molar-refractivity contribution in [2.75, 3.05) is 19.6 Å². The number of aromatic nitrogens is 1. The van der Waals surface area contributed by atoms with Crippen LogP contribution in [0.25, 0.3) is 0 Å². The largest absolute Gasteiger partial charge is 0.338 e. The lowest BCUT2D eigenvalue weighted by Crippen LogP contribution is -2.47. The van der Waals surface area contributed by atoms with E-state index in [2.05, 4.69) is 9.88 Å².